The molecule has 0 saturated heterocycles. The van der Waals surface area contributed by atoms with Crippen molar-refractivity contribution in [2.45, 2.75) is 6.92 Å². The second-order valence-corrected chi connectivity index (χ2v) is 8.73. The third-order valence-electron chi connectivity index (χ3n) is 6.39. The van der Waals surface area contributed by atoms with Crippen LogP contribution in [-0.4, -0.2) is 4.57 Å². The van der Waals surface area contributed by atoms with Crippen LogP contribution in [0.5, 0.6) is 0 Å². The monoisotopic (exact) mass is 449 g/mol. The van der Waals surface area contributed by atoms with Crippen LogP contribution in [0.4, 0.5) is 17.1 Å². The minimum atomic E-state index is 0.671. The molecule has 1 heterocycles. The third-order valence-corrected chi connectivity index (χ3v) is 6.39. The van der Waals surface area contributed by atoms with Crippen LogP contribution >= 0.6 is 0 Å². The first-order valence-corrected chi connectivity index (χ1v) is 11.7. The van der Waals surface area contributed by atoms with Crippen molar-refractivity contribution >= 4 is 38.9 Å². The molecule has 0 atom stereocenters. The van der Waals surface area contributed by atoms with Gasteiger partial charge < -0.3 is 9.47 Å². The predicted molar refractivity (Wildman–Crippen MR) is 145 cm³/mol. The number of nitriles is 1. The van der Waals surface area contributed by atoms with E-state index in [1.165, 1.54) is 5.56 Å². The summed E-state index contributed by atoms with van der Waals surface area (Å²) < 4.78 is 2.30. The molecule has 0 unspecified atom stereocenters. The summed E-state index contributed by atoms with van der Waals surface area (Å²) in [7, 11) is 0. The van der Waals surface area contributed by atoms with Gasteiger partial charge in [0.2, 0.25) is 0 Å². The number of fused-ring (bicyclic) bond motifs is 3. The Hall–Kier alpha value is -4.81. The first-order chi connectivity index (χ1) is 17.2. The maximum atomic E-state index is 9.48. The van der Waals surface area contributed by atoms with E-state index in [-0.39, 0.29) is 0 Å². The number of rotatable bonds is 4. The van der Waals surface area contributed by atoms with Gasteiger partial charge in [-0.3, -0.25) is 0 Å². The molecule has 0 bridgehead atoms. The minimum absolute atomic E-state index is 0.671. The topological polar surface area (TPSA) is 32.0 Å². The van der Waals surface area contributed by atoms with Gasteiger partial charge >= 0.3 is 0 Å². The predicted octanol–water partition coefficient (Wildman–Crippen LogP) is 8.43. The normalized spacial score (nSPS) is 11.0. The number of benzene rings is 5. The Kier molecular flexibility index (Phi) is 5.05. The maximum Gasteiger partial charge on any atom is 0.0991 e. The number of anilines is 3. The van der Waals surface area contributed by atoms with Crippen molar-refractivity contribution in [1.29, 1.82) is 5.26 Å². The second kappa shape index (κ2) is 8.52. The number of hydrogen-bond donors (Lipinski definition) is 0. The highest BCUT2D eigenvalue weighted by Gasteiger charge is 2.17. The summed E-state index contributed by atoms with van der Waals surface area (Å²) >= 11 is 0. The van der Waals surface area contributed by atoms with E-state index in [0.29, 0.717) is 5.56 Å². The fraction of sp³-hybridized carbons (Fsp3) is 0.0312. The average Bonchev–Trinajstić information content (AvgIpc) is 3.23. The maximum absolute atomic E-state index is 9.48. The summed E-state index contributed by atoms with van der Waals surface area (Å²) in [6, 6.07) is 44.3. The highest BCUT2D eigenvalue weighted by molar-refractivity contribution is 6.09. The van der Waals surface area contributed by atoms with E-state index in [1.807, 2.05) is 24.3 Å². The molecule has 0 aliphatic carbocycles. The lowest BCUT2D eigenvalue weighted by Crippen LogP contribution is -2.10. The average molecular weight is 450 g/mol. The van der Waals surface area contributed by atoms with Crippen molar-refractivity contribution < 1.29 is 0 Å². The molecular weight excluding hydrogens is 426 g/mol. The lowest BCUT2D eigenvalue weighted by atomic mass is 10.1. The van der Waals surface area contributed by atoms with Crippen LogP contribution in [0.25, 0.3) is 27.5 Å². The van der Waals surface area contributed by atoms with E-state index in [1.54, 1.807) is 0 Å². The van der Waals surface area contributed by atoms with E-state index in [4.69, 9.17) is 0 Å². The molecule has 5 aromatic carbocycles. The summed E-state index contributed by atoms with van der Waals surface area (Å²) in [5.41, 5.74) is 8.46. The Labute approximate surface area is 204 Å². The van der Waals surface area contributed by atoms with E-state index in [0.717, 1.165) is 44.6 Å². The molecule has 0 fully saturated rings. The largest absolute Gasteiger partial charge is 0.310 e. The molecule has 0 saturated carbocycles. The van der Waals surface area contributed by atoms with Crippen LogP contribution in [0, 0.1) is 18.3 Å². The summed E-state index contributed by atoms with van der Waals surface area (Å²) in [6.07, 6.45) is 0. The van der Waals surface area contributed by atoms with Gasteiger partial charge in [0.1, 0.15) is 0 Å². The number of para-hydroxylation sites is 3. The van der Waals surface area contributed by atoms with E-state index in [9.17, 15) is 5.26 Å². The van der Waals surface area contributed by atoms with Gasteiger partial charge in [0.15, 0.2) is 0 Å². The van der Waals surface area contributed by atoms with Crippen LogP contribution in [0.15, 0.2) is 121 Å². The first kappa shape index (κ1) is 20.8. The van der Waals surface area contributed by atoms with Gasteiger partial charge in [0.25, 0.3) is 0 Å². The Balaban J connectivity index is 1.62. The van der Waals surface area contributed by atoms with E-state index >= 15 is 0 Å². The third kappa shape index (κ3) is 3.62. The smallest absolute Gasteiger partial charge is 0.0991 e. The number of hydrogen-bond acceptors (Lipinski definition) is 2. The SMILES string of the molecule is Cc1cc(N(c2ccccc2)c2ccccc2)cc(-n2c3ccccc3c3cc(C#N)ccc32)c1. The summed E-state index contributed by atoms with van der Waals surface area (Å²) in [5, 5.41) is 11.7. The first-order valence-electron chi connectivity index (χ1n) is 11.7. The molecule has 0 amide bonds. The van der Waals surface area contributed by atoms with Gasteiger partial charge in [-0.05, 0) is 79.2 Å². The zero-order valence-corrected chi connectivity index (χ0v) is 19.4. The Bertz CT molecular complexity index is 1670. The molecule has 0 aliphatic heterocycles. The minimum Gasteiger partial charge on any atom is -0.310 e. The van der Waals surface area contributed by atoms with Crippen LogP contribution in [-0.2, 0) is 0 Å². The number of nitrogens with zero attached hydrogens (tertiary/aromatic N) is 3. The fourth-order valence-corrected chi connectivity index (χ4v) is 4.92. The van der Waals surface area contributed by atoms with Gasteiger partial charge in [-0.1, -0.05) is 54.6 Å². The Morgan fingerprint density at radius 3 is 1.91 bits per heavy atom. The van der Waals surface area contributed by atoms with E-state index in [2.05, 4.69) is 120 Å². The van der Waals surface area contributed by atoms with Crippen molar-refractivity contribution in [3.05, 3.63) is 132 Å². The van der Waals surface area contributed by atoms with Gasteiger partial charge in [-0.25, -0.2) is 0 Å². The van der Waals surface area contributed by atoms with Crippen LogP contribution in [0.1, 0.15) is 11.1 Å². The van der Waals surface area contributed by atoms with Crippen molar-refractivity contribution in [2.75, 3.05) is 4.90 Å². The molecule has 3 nitrogen and oxygen atoms in total. The molecule has 6 aromatic rings. The van der Waals surface area contributed by atoms with Crippen molar-refractivity contribution in [1.82, 2.24) is 4.57 Å². The fourth-order valence-electron chi connectivity index (χ4n) is 4.92. The molecular formula is C32H23N3. The lowest BCUT2D eigenvalue weighted by Gasteiger charge is -2.26. The van der Waals surface area contributed by atoms with E-state index < -0.39 is 0 Å². The molecule has 6 rings (SSSR count). The molecule has 1 aromatic heterocycles. The van der Waals surface area contributed by atoms with Gasteiger partial charge in [0, 0.05) is 33.5 Å². The Morgan fingerprint density at radius 2 is 1.23 bits per heavy atom. The molecule has 166 valence electrons. The Morgan fingerprint density at radius 1 is 0.600 bits per heavy atom. The molecule has 3 heteroatoms. The van der Waals surface area contributed by atoms with Crippen molar-refractivity contribution in [3.8, 4) is 11.8 Å². The van der Waals surface area contributed by atoms with Gasteiger partial charge in [0.05, 0.1) is 22.7 Å². The highest BCUT2D eigenvalue weighted by atomic mass is 15.1. The summed E-state index contributed by atoms with van der Waals surface area (Å²) in [4.78, 5) is 2.29. The van der Waals surface area contributed by atoms with Crippen molar-refractivity contribution in [2.24, 2.45) is 0 Å². The zero-order valence-electron chi connectivity index (χ0n) is 19.4. The van der Waals surface area contributed by atoms with Crippen LogP contribution in [0.2, 0.25) is 0 Å². The van der Waals surface area contributed by atoms with Crippen LogP contribution < -0.4 is 4.90 Å². The number of aromatic nitrogens is 1. The lowest BCUT2D eigenvalue weighted by molar-refractivity contribution is 1.16. The molecule has 0 aliphatic rings. The van der Waals surface area contributed by atoms with Gasteiger partial charge in [-0.15, -0.1) is 0 Å². The zero-order chi connectivity index (χ0) is 23.8. The second-order valence-electron chi connectivity index (χ2n) is 8.73. The quantitative estimate of drug-likeness (QED) is 0.270. The van der Waals surface area contributed by atoms with Crippen molar-refractivity contribution in [3.63, 3.8) is 0 Å². The highest BCUT2D eigenvalue weighted by Crippen LogP contribution is 2.38. The number of aryl methyl sites for hydroxylation is 1. The standard InChI is InChI=1S/C32H23N3/c1-23-18-27(34(25-10-4-2-5-11-25)26-12-6-3-7-13-26)21-28(19-23)35-31-15-9-8-14-29(31)30-20-24(22-33)16-17-32(30)35/h2-21H,1H3. The summed E-state index contributed by atoms with van der Waals surface area (Å²) in [5.74, 6) is 0. The molecule has 0 radical (unpaired) electrons. The summed E-state index contributed by atoms with van der Waals surface area (Å²) in [6.45, 7) is 2.14. The molecule has 35 heavy (non-hydrogen) atoms. The molecule has 0 spiro atoms. The van der Waals surface area contributed by atoms with Gasteiger partial charge in [-0.2, -0.15) is 5.26 Å². The molecule has 0 N–H and O–H groups in total. The van der Waals surface area contributed by atoms with Crippen LogP contribution in [0.3, 0.4) is 0 Å².